The number of carbonyl (C=O) groups is 1. The molecular formula is C13H18BrNO2. The highest BCUT2D eigenvalue weighted by molar-refractivity contribution is 9.10. The summed E-state index contributed by atoms with van der Waals surface area (Å²) in [4.78, 5) is 13.0. The number of hydrogen-bond acceptors (Lipinski definition) is 2. The average molecular weight is 300 g/mol. The first-order valence-electron chi connectivity index (χ1n) is 5.80. The van der Waals surface area contributed by atoms with Crippen LogP contribution < -0.4 is 4.90 Å². The highest BCUT2D eigenvalue weighted by atomic mass is 79.9. The van der Waals surface area contributed by atoms with Crippen molar-refractivity contribution in [3.63, 3.8) is 0 Å². The highest BCUT2D eigenvalue weighted by Crippen LogP contribution is 2.26. The van der Waals surface area contributed by atoms with Gasteiger partial charge in [-0.3, -0.25) is 0 Å². The molecular weight excluding hydrogens is 282 g/mol. The molecule has 1 rings (SSSR count). The molecule has 0 heterocycles. The minimum absolute atomic E-state index is 0.308. The van der Waals surface area contributed by atoms with Gasteiger partial charge in [0, 0.05) is 18.1 Å². The Labute approximate surface area is 111 Å². The van der Waals surface area contributed by atoms with Crippen molar-refractivity contribution >= 4 is 27.6 Å². The Hall–Kier alpha value is -1.03. The molecule has 0 spiro atoms. The average Bonchev–Trinajstić information content (AvgIpc) is 2.28. The van der Waals surface area contributed by atoms with Gasteiger partial charge in [0.05, 0.1) is 11.3 Å². The zero-order valence-corrected chi connectivity index (χ0v) is 11.8. The zero-order chi connectivity index (χ0) is 12.8. The van der Waals surface area contributed by atoms with E-state index in [-0.39, 0.29) is 0 Å². The van der Waals surface area contributed by atoms with E-state index in [1.807, 2.05) is 13.1 Å². The van der Waals surface area contributed by atoms with Crippen LogP contribution in [0.1, 0.15) is 36.5 Å². The SMILES string of the molecule is CCCCCN(C)c1ccc(C(=O)O)cc1Br. The summed E-state index contributed by atoms with van der Waals surface area (Å²) in [6, 6.07) is 5.13. The second-order valence-corrected chi connectivity index (χ2v) is 4.95. The monoisotopic (exact) mass is 299 g/mol. The third-order valence-electron chi connectivity index (χ3n) is 2.70. The second kappa shape index (κ2) is 6.64. The van der Waals surface area contributed by atoms with Crippen LogP contribution in [0.2, 0.25) is 0 Å². The summed E-state index contributed by atoms with van der Waals surface area (Å²) in [7, 11) is 2.02. The standard InChI is InChI=1S/C13H18BrNO2/c1-3-4-5-8-15(2)12-7-6-10(13(16)17)9-11(12)14/h6-7,9H,3-5,8H2,1-2H3,(H,16,17). The summed E-state index contributed by atoms with van der Waals surface area (Å²) in [5.41, 5.74) is 1.34. The van der Waals surface area contributed by atoms with Crippen molar-refractivity contribution in [3.8, 4) is 0 Å². The molecule has 0 unspecified atom stereocenters. The Kier molecular flexibility index (Phi) is 5.48. The van der Waals surface area contributed by atoms with E-state index in [1.54, 1.807) is 12.1 Å². The summed E-state index contributed by atoms with van der Waals surface area (Å²) in [5.74, 6) is -0.897. The van der Waals surface area contributed by atoms with E-state index in [4.69, 9.17) is 5.11 Å². The van der Waals surface area contributed by atoms with E-state index in [9.17, 15) is 4.79 Å². The lowest BCUT2D eigenvalue weighted by Gasteiger charge is -2.20. The van der Waals surface area contributed by atoms with Gasteiger partial charge < -0.3 is 10.0 Å². The Morgan fingerprint density at radius 1 is 1.41 bits per heavy atom. The predicted octanol–water partition coefficient (Wildman–Crippen LogP) is 3.77. The van der Waals surface area contributed by atoms with Gasteiger partial charge in [-0.2, -0.15) is 0 Å². The number of carboxylic acid groups (broad SMARTS) is 1. The molecule has 4 heteroatoms. The van der Waals surface area contributed by atoms with Crippen molar-refractivity contribution in [2.24, 2.45) is 0 Å². The molecule has 0 bridgehead atoms. The Bertz CT molecular complexity index is 393. The van der Waals surface area contributed by atoms with E-state index in [0.717, 1.165) is 23.1 Å². The van der Waals surface area contributed by atoms with Crippen LogP contribution in [0, 0.1) is 0 Å². The number of carboxylic acids is 1. The summed E-state index contributed by atoms with van der Waals surface area (Å²) in [5, 5.41) is 8.88. The molecule has 0 amide bonds. The highest BCUT2D eigenvalue weighted by Gasteiger charge is 2.09. The molecule has 0 atom stereocenters. The number of unbranched alkanes of at least 4 members (excludes halogenated alkanes) is 2. The van der Waals surface area contributed by atoms with Gasteiger partial charge in [0.1, 0.15) is 0 Å². The molecule has 17 heavy (non-hydrogen) atoms. The summed E-state index contributed by atoms with van der Waals surface area (Å²) < 4.78 is 0.830. The minimum Gasteiger partial charge on any atom is -0.478 e. The molecule has 1 aromatic rings. The Morgan fingerprint density at radius 2 is 2.12 bits per heavy atom. The van der Waals surface area contributed by atoms with E-state index < -0.39 is 5.97 Å². The first kappa shape index (κ1) is 14.0. The van der Waals surface area contributed by atoms with Gasteiger partial charge in [0.15, 0.2) is 0 Å². The van der Waals surface area contributed by atoms with Gasteiger partial charge in [0.2, 0.25) is 0 Å². The molecule has 0 saturated heterocycles. The Morgan fingerprint density at radius 3 is 2.65 bits per heavy atom. The Balaban J connectivity index is 2.74. The van der Waals surface area contributed by atoms with Crippen molar-refractivity contribution in [3.05, 3.63) is 28.2 Å². The van der Waals surface area contributed by atoms with Crippen LogP contribution in [0.25, 0.3) is 0 Å². The third kappa shape index (κ3) is 4.04. The molecule has 0 fully saturated rings. The number of nitrogens with zero attached hydrogens (tertiary/aromatic N) is 1. The topological polar surface area (TPSA) is 40.5 Å². The van der Waals surface area contributed by atoms with Crippen molar-refractivity contribution in [2.45, 2.75) is 26.2 Å². The molecule has 1 N–H and O–H groups in total. The smallest absolute Gasteiger partial charge is 0.335 e. The number of rotatable bonds is 6. The number of aromatic carboxylic acids is 1. The van der Waals surface area contributed by atoms with Crippen molar-refractivity contribution in [1.82, 2.24) is 0 Å². The molecule has 94 valence electrons. The zero-order valence-electron chi connectivity index (χ0n) is 10.2. The van der Waals surface area contributed by atoms with Gasteiger partial charge in [-0.1, -0.05) is 19.8 Å². The number of benzene rings is 1. The fraction of sp³-hybridized carbons (Fsp3) is 0.462. The van der Waals surface area contributed by atoms with Gasteiger partial charge in [-0.05, 0) is 40.5 Å². The van der Waals surface area contributed by atoms with Crippen LogP contribution >= 0.6 is 15.9 Å². The van der Waals surface area contributed by atoms with Crippen molar-refractivity contribution in [2.75, 3.05) is 18.5 Å². The molecule has 0 aromatic heterocycles. The maximum absolute atomic E-state index is 10.8. The maximum Gasteiger partial charge on any atom is 0.335 e. The molecule has 1 aromatic carbocycles. The van der Waals surface area contributed by atoms with Gasteiger partial charge >= 0.3 is 5.97 Å². The fourth-order valence-electron chi connectivity index (χ4n) is 1.67. The lowest BCUT2D eigenvalue weighted by atomic mass is 10.2. The van der Waals surface area contributed by atoms with E-state index in [2.05, 4.69) is 27.8 Å². The number of halogens is 1. The first-order chi connectivity index (χ1) is 8.06. The molecule has 0 aliphatic heterocycles. The molecule has 0 radical (unpaired) electrons. The molecule has 3 nitrogen and oxygen atoms in total. The van der Waals surface area contributed by atoms with Crippen molar-refractivity contribution < 1.29 is 9.90 Å². The van der Waals surface area contributed by atoms with E-state index in [1.165, 1.54) is 12.8 Å². The van der Waals surface area contributed by atoms with Crippen LogP contribution in [0.3, 0.4) is 0 Å². The van der Waals surface area contributed by atoms with Crippen LogP contribution in [-0.4, -0.2) is 24.7 Å². The fourth-order valence-corrected chi connectivity index (χ4v) is 2.35. The maximum atomic E-state index is 10.8. The van der Waals surface area contributed by atoms with Crippen LogP contribution in [0.15, 0.2) is 22.7 Å². The minimum atomic E-state index is -0.897. The van der Waals surface area contributed by atoms with Gasteiger partial charge in [0.25, 0.3) is 0 Å². The third-order valence-corrected chi connectivity index (χ3v) is 3.34. The largest absolute Gasteiger partial charge is 0.478 e. The van der Waals surface area contributed by atoms with Gasteiger partial charge in [-0.25, -0.2) is 4.79 Å². The summed E-state index contributed by atoms with van der Waals surface area (Å²) in [6.45, 7) is 3.16. The summed E-state index contributed by atoms with van der Waals surface area (Å²) in [6.07, 6.45) is 3.57. The van der Waals surface area contributed by atoms with Crippen LogP contribution in [-0.2, 0) is 0 Å². The predicted molar refractivity (Wildman–Crippen MR) is 73.9 cm³/mol. The lowest BCUT2D eigenvalue weighted by Crippen LogP contribution is -2.19. The second-order valence-electron chi connectivity index (χ2n) is 4.10. The number of hydrogen-bond donors (Lipinski definition) is 1. The van der Waals surface area contributed by atoms with Crippen LogP contribution in [0.5, 0.6) is 0 Å². The summed E-state index contributed by atoms with van der Waals surface area (Å²) >= 11 is 3.42. The normalized spacial score (nSPS) is 10.3. The van der Waals surface area contributed by atoms with E-state index in [0.29, 0.717) is 5.56 Å². The van der Waals surface area contributed by atoms with Crippen LogP contribution in [0.4, 0.5) is 5.69 Å². The van der Waals surface area contributed by atoms with Gasteiger partial charge in [-0.15, -0.1) is 0 Å². The quantitative estimate of drug-likeness (QED) is 0.813. The van der Waals surface area contributed by atoms with E-state index >= 15 is 0 Å². The molecule has 0 saturated carbocycles. The van der Waals surface area contributed by atoms with Crippen molar-refractivity contribution in [1.29, 1.82) is 0 Å². The first-order valence-corrected chi connectivity index (χ1v) is 6.59. The lowest BCUT2D eigenvalue weighted by molar-refractivity contribution is 0.0697. The molecule has 0 aliphatic carbocycles. The number of anilines is 1. The molecule has 0 aliphatic rings.